The van der Waals surface area contributed by atoms with Crippen molar-refractivity contribution in [1.29, 1.82) is 0 Å². The van der Waals surface area contributed by atoms with Crippen molar-refractivity contribution in [3.63, 3.8) is 0 Å². The topological polar surface area (TPSA) is 58.8 Å². The van der Waals surface area contributed by atoms with E-state index in [-0.39, 0.29) is 42.5 Å². The fourth-order valence-electron chi connectivity index (χ4n) is 3.68. The van der Waals surface area contributed by atoms with Crippen LogP contribution in [0.1, 0.15) is 24.8 Å². The van der Waals surface area contributed by atoms with E-state index >= 15 is 0 Å². The molecule has 2 saturated heterocycles. The highest BCUT2D eigenvalue weighted by atomic mass is 35.5. The largest absolute Gasteiger partial charge is 0.381 e. The molecular formula is C19H30Cl2FN3O2. The third-order valence-electron chi connectivity index (χ3n) is 5.28. The Morgan fingerprint density at radius 2 is 1.78 bits per heavy atom. The number of halogens is 3. The first kappa shape index (κ1) is 24.1. The molecule has 8 heteroatoms. The van der Waals surface area contributed by atoms with Crippen molar-refractivity contribution in [3.8, 4) is 0 Å². The molecule has 2 aliphatic heterocycles. The monoisotopic (exact) mass is 421 g/mol. The molecule has 3 rings (SSSR count). The van der Waals surface area contributed by atoms with Crippen LogP contribution >= 0.6 is 24.8 Å². The van der Waals surface area contributed by atoms with Gasteiger partial charge < -0.3 is 15.4 Å². The molecule has 1 atom stereocenters. The van der Waals surface area contributed by atoms with Crippen LogP contribution < -0.4 is 5.73 Å². The van der Waals surface area contributed by atoms with Gasteiger partial charge in [-0.3, -0.25) is 9.69 Å². The second-order valence-electron chi connectivity index (χ2n) is 7.06. The van der Waals surface area contributed by atoms with Gasteiger partial charge in [0.15, 0.2) is 0 Å². The van der Waals surface area contributed by atoms with E-state index in [1.165, 1.54) is 12.1 Å². The number of nitrogens with two attached hydrogens (primary N) is 1. The molecule has 1 unspecified atom stereocenters. The zero-order chi connectivity index (χ0) is 17.6. The van der Waals surface area contributed by atoms with E-state index < -0.39 is 6.04 Å². The Kier molecular flexibility index (Phi) is 10.6. The van der Waals surface area contributed by atoms with E-state index in [2.05, 4.69) is 4.90 Å². The summed E-state index contributed by atoms with van der Waals surface area (Å²) in [5, 5.41) is 0. The molecule has 0 aromatic heterocycles. The molecule has 5 nitrogen and oxygen atoms in total. The summed E-state index contributed by atoms with van der Waals surface area (Å²) >= 11 is 0. The number of carbonyl (C=O) groups is 1. The predicted octanol–water partition coefficient (Wildman–Crippen LogP) is 2.46. The van der Waals surface area contributed by atoms with E-state index in [0.717, 1.165) is 51.0 Å². The summed E-state index contributed by atoms with van der Waals surface area (Å²) < 4.78 is 18.4. The summed E-state index contributed by atoms with van der Waals surface area (Å²) in [4.78, 5) is 17.0. The van der Waals surface area contributed by atoms with Crippen LogP contribution in [0.3, 0.4) is 0 Å². The molecule has 1 aromatic carbocycles. The first-order valence-electron chi connectivity index (χ1n) is 9.22. The molecule has 0 saturated carbocycles. The summed E-state index contributed by atoms with van der Waals surface area (Å²) in [5.74, 6) is 0.105. The number of carbonyl (C=O) groups excluding carboxylic acids is 1. The summed E-state index contributed by atoms with van der Waals surface area (Å²) in [6.45, 7) is 5.42. The fraction of sp³-hybridized carbons (Fsp3) is 0.632. The third-order valence-corrected chi connectivity index (χ3v) is 5.28. The minimum Gasteiger partial charge on any atom is -0.381 e. The highest BCUT2D eigenvalue weighted by Crippen LogP contribution is 2.20. The second-order valence-corrected chi connectivity index (χ2v) is 7.06. The first-order chi connectivity index (χ1) is 12.1. The number of benzene rings is 1. The third kappa shape index (κ3) is 6.88. The maximum atomic E-state index is 13.0. The Hall–Kier alpha value is -0.920. The number of rotatable bonds is 4. The van der Waals surface area contributed by atoms with E-state index in [1.54, 1.807) is 0 Å². The van der Waals surface area contributed by atoms with Gasteiger partial charge in [0.25, 0.3) is 0 Å². The van der Waals surface area contributed by atoms with Gasteiger partial charge in [-0.05, 0) is 42.9 Å². The maximum Gasteiger partial charge on any atom is 0.239 e. The number of ether oxygens (including phenoxy) is 1. The highest BCUT2D eigenvalue weighted by molar-refractivity contribution is 5.85. The molecule has 0 bridgehead atoms. The molecule has 2 heterocycles. The molecule has 2 aliphatic rings. The van der Waals surface area contributed by atoms with Crippen molar-refractivity contribution in [2.45, 2.75) is 31.8 Å². The Balaban J connectivity index is 0.00000182. The van der Waals surface area contributed by atoms with Crippen LogP contribution in [0.4, 0.5) is 4.39 Å². The number of hydrogen-bond donors (Lipinski definition) is 1. The summed E-state index contributed by atoms with van der Waals surface area (Å²) in [5.41, 5.74) is 7.35. The lowest BCUT2D eigenvalue weighted by Crippen LogP contribution is -2.49. The van der Waals surface area contributed by atoms with Crippen molar-refractivity contribution in [3.05, 3.63) is 35.6 Å². The Morgan fingerprint density at radius 1 is 1.11 bits per heavy atom. The normalized spacial score (nSPS) is 20.1. The summed E-state index contributed by atoms with van der Waals surface area (Å²) in [7, 11) is 0. The van der Waals surface area contributed by atoms with Gasteiger partial charge in [-0.2, -0.15) is 0 Å². The summed E-state index contributed by atoms with van der Waals surface area (Å²) in [6, 6.07) is 6.23. The molecule has 1 amide bonds. The number of amides is 1. The Bertz CT molecular complexity index is 571. The fourth-order valence-corrected chi connectivity index (χ4v) is 3.68. The minimum atomic E-state index is -0.410. The lowest BCUT2D eigenvalue weighted by atomic mass is 9.91. The van der Waals surface area contributed by atoms with Crippen molar-refractivity contribution < 1.29 is 13.9 Å². The highest BCUT2D eigenvalue weighted by Gasteiger charge is 2.30. The zero-order valence-electron chi connectivity index (χ0n) is 15.5. The molecule has 154 valence electrons. The van der Waals surface area contributed by atoms with Gasteiger partial charge in [0.1, 0.15) is 5.82 Å². The van der Waals surface area contributed by atoms with E-state index in [4.69, 9.17) is 10.5 Å². The lowest BCUT2D eigenvalue weighted by Gasteiger charge is -2.31. The standard InChI is InChI=1S/C19H28FN3O2.2ClH/c20-17-4-2-15(3-5-17)14-22-8-1-9-23(11-10-22)19(24)18(21)16-6-12-25-13-7-16;;/h2-5,16,18H,1,6-14,21H2;2*1H. The van der Waals surface area contributed by atoms with Gasteiger partial charge in [-0.15, -0.1) is 24.8 Å². The molecule has 0 radical (unpaired) electrons. The smallest absolute Gasteiger partial charge is 0.239 e. The van der Waals surface area contributed by atoms with Gasteiger partial charge in [0, 0.05) is 45.9 Å². The van der Waals surface area contributed by atoms with Crippen LogP contribution in [-0.4, -0.2) is 61.1 Å². The number of nitrogens with zero attached hydrogens (tertiary/aromatic N) is 2. The van der Waals surface area contributed by atoms with E-state index in [1.807, 2.05) is 17.0 Å². The molecule has 1 aromatic rings. The van der Waals surface area contributed by atoms with E-state index in [9.17, 15) is 9.18 Å². The second kappa shape index (κ2) is 11.8. The molecule has 2 fully saturated rings. The van der Waals surface area contributed by atoms with Gasteiger partial charge in [0.2, 0.25) is 5.91 Å². The molecule has 0 spiro atoms. The zero-order valence-corrected chi connectivity index (χ0v) is 17.2. The van der Waals surface area contributed by atoms with Crippen LogP contribution in [-0.2, 0) is 16.1 Å². The number of hydrogen-bond acceptors (Lipinski definition) is 4. The molecule has 27 heavy (non-hydrogen) atoms. The van der Waals surface area contributed by atoms with Gasteiger partial charge >= 0.3 is 0 Å². The van der Waals surface area contributed by atoms with Crippen molar-refractivity contribution in [1.82, 2.24) is 9.80 Å². The van der Waals surface area contributed by atoms with Crippen molar-refractivity contribution in [2.24, 2.45) is 11.7 Å². The summed E-state index contributed by atoms with van der Waals surface area (Å²) in [6.07, 6.45) is 2.68. The van der Waals surface area contributed by atoms with Gasteiger partial charge in [-0.1, -0.05) is 12.1 Å². The van der Waals surface area contributed by atoms with Crippen LogP contribution in [0.2, 0.25) is 0 Å². The quantitative estimate of drug-likeness (QED) is 0.810. The first-order valence-corrected chi connectivity index (χ1v) is 9.22. The van der Waals surface area contributed by atoms with Crippen LogP contribution in [0.15, 0.2) is 24.3 Å². The predicted molar refractivity (Wildman–Crippen MR) is 109 cm³/mol. The van der Waals surface area contributed by atoms with Crippen molar-refractivity contribution >= 4 is 30.7 Å². The average molecular weight is 422 g/mol. The average Bonchev–Trinajstić information content (AvgIpc) is 2.89. The molecular weight excluding hydrogens is 392 g/mol. The van der Waals surface area contributed by atoms with Crippen molar-refractivity contribution in [2.75, 3.05) is 39.4 Å². The lowest BCUT2D eigenvalue weighted by molar-refractivity contribution is -0.134. The van der Waals surface area contributed by atoms with Crippen LogP contribution in [0.5, 0.6) is 0 Å². The SMILES string of the molecule is Cl.Cl.NC(C(=O)N1CCCN(Cc2ccc(F)cc2)CC1)C1CCOCC1. The Morgan fingerprint density at radius 3 is 2.44 bits per heavy atom. The van der Waals surface area contributed by atoms with Gasteiger partial charge in [0.05, 0.1) is 6.04 Å². The van der Waals surface area contributed by atoms with Crippen LogP contribution in [0.25, 0.3) is 0 Å². The van der Waals surface area contributed by atoms with Crippen LogP contribution in [0, 0.1) is 11.7 Å². The Labute approximate surface area is 173 Å². The molecule has 2 N–H and O–H groups in total. The minimum absolute atomic E-state index is 0. The van der Waals surface area contributed by atoms with Gasteiger partial charge in [-0.25, -0.2) is 4.39 Å². The van der Waals surface area contributed by atoms with E-state index in [0.29, 0.717) is 19.8 Å². The molecule has 0 aliphatic carbocycles. The maximum absolute atomic E-state index is 13.0.